The van der Waals surface area contributed by atoms with Crippen LogP contribution in [0.15, 0.2) is 59.6 Å². The summed E-state index contributed by atoms with van der Waals surface area (Å²) in [6.07, 6.45) is -1.12. The lowest BCUT2D eigenvalue weighted by Gasteiger charge is -2.19. The molecule has 0 aliphatic rings. The topological polar surface area (TPSA) is 137 Å². The third-order valence-electron chi connectivity index (χ3n) is 4.21. The van der Waals surface area contributed by atoms with Gasteiger partial charge < -0.3 is 14.9 Å². The Morgan fingerprint density at radius 1 is 1.03 bits per heavy atom. The van der Waals surface area contributed by atoms with Crippen molar-refractivity contribution >= 4 is 30.8 Å². The van der Waals surface area contributed by atoms with E-state index >= 15 is 0 Å². The Morgan fingerprint density at radius 3 is 2.24 bits per heavy atom. The molecule has 0 aliphatic carbocycles. The Kier molecular flexibility index (Phi) is 7.84. The van der Waals surface area contributed by atoms with Crippen LogP contribution in [0.3, 0.4) is 0 Å². The number of carboxylic acids is 2. The first-order valence-electron chi connectivity index (χ1n) is 8.80. The maximum Gasteiger partial charge on any atom is 0.320 e. The van der Waals surface area contributed by atoms with Crippen molar-refractivity contribution in [1.82, 2.24) is 0 Å². The molecule has 0 fully saturated rings. The van der Waals surface area contributed by atoms with E-state index in [4.69, 9.17) is 9.84 Å². The predicted octanol–water partition coefficient (Wildman–Crippen LogP) is 3.17. The number of carbonyl (C=O) groups is 2. The molecule has 0 saturated carbocycles. The van der Waals surface area contributed by atoms with Crippen LogP contribution in [0, 0.1) is 5.92 Å². The van der Waals surface area contributed by atoms with Gasteiger partial charge in [0.25, 0.3) is 0 Å². The maximum absolute atomic E-state index is 11.6. The first kappa shape index (κ1) is 22.5. The van der Waals surface area contributed by atoms with Crippen molar-refractivity contribution in [1.29, 1.82) is 0 Å². The van der Waals surface area contributed by atoms with Gasteiger partial charge in [-0.3, -0.25) is 9.59 Å². The first-order chi connectivity index (χ1) is 13.7. The number of hydrogen-bond donors (Lipinski definition) is 4. The zero-order chi connectivity index (χ0) is 21.4. The monoisotopic (exact) mass is 420 g/mol. The minimum atomic E-state index is -4.02. The SMILES string of the molecule is COc1ccccc1N=C(c1ccccc1)[P+](O)(O)CC(CCC(=O)O)C(=O)O. The Hall–Kier alpha value is -2.80. The molecule has 4 N–H and O–H groups in total. The van der Waals surface area contributed by atoms with E-state index in [0.717, 1.165) is 0 Å². The van der Waals surface area contributed by atoms with Crippen LogP contribution < -0.4 is 4.74 Å². The van der Waals surface area contributed by atoms with Gasteiger partial charge in [0.05, 0.1) is 13.0 Å². The van der Waals surface area contributed by atoms with Gasteiger partial charge in [0.1, 0.15) is 17.6 Å². The first-order valence-corrected chi connectivity index (χ1v) is 10.7. The molecule has 1 unspecified atom stereocenters. The molecule has 9 heteroatoms. The highest BCUT2D eigenvalue weighted by molar-refractivity contribution is 7.82. The molecule has 0 radical (unpaired) electrons. The number of carboxylic acid groups (broad SMARTS) is 2. The van der Waals surface area contributed by atoms with Gasteiger partial charge in [-0.25, -0.2) is 14.8 Å². The van der Waals surface area contributed by atoms with Gasteiger partial charge in [-0.1, -0.05) is 30.3 Å². The molecule has 2 rings (SSSR count). The van der Waals surface area contributed by atoms with E-state index in [2.05, 4.69) is 4.99 Å². The van der Waals surface area contributed by atoms with Crippen LogP contribution in [0.1, 0.15) is 18.4 Å². The Morgan fingerprint density at radius 2 is 1.66 bits per heavy atom. The van der Waals surface area contributed by atoms with Gasteiger partial charge in [-0.05, 0) is 30.7 Å². The summed E-state index contributed by atoms with van der Waals surface area (Å²) >= 11 is 0. The van der Waals surface area contributed by atoms with Gasteiger partial charge >= 0.3 is 19.7 Å². The van der Waals surface area contributed by atoms with Crippen LogP contribution in [0.5, 0.6) is 5.75 Å². The number of benzene rings is 2. The maximum atomic E-state index is 11.6. The molecular formula is C20H23NO7P+. The molecule has 29 heavy (non-hydrogen) atoms. The lowest BCUT2D eigenvalue weighted by molar-refractivity contribution is -0.142. The Balaban J connectivity index is 2.48. The molecule has 0 amide bonds. The minimum absolute atomic E-state index is 0.0517. The second-order valence-corrected chi connectivity index (χ2v) is 8.60. The normalized spacial score (nSPS) is 13.0. The lowest BCUT2D eigenvalue weighted by Crippen LogP contribution is -2.24. The minimum Gasteiger partial charge on any atom is -0.494 e. The van der Waals surface area contributed by atoms with Crippen molar-refractivity contribution in [3.05, 3.63) is 60.2 Å². The van der Waals surface area contributed by atoms with Crippen LogP contribution in [-0.2, 0) is 9.59 Å². The zero-order valence-corrected chi connectivity index (χ0v) is 16.7. The van der Waals surface area contributed by atoms with Gasteiger partial charge in [0.2, 0.25) is 5.45 Å². The predicted molar refractivity (Wildman–Crippen MR) is 110 cm³/mol. The fourth-order valence-electron chi connectivity index (χ4n) is 2.76. The summed E-state index contributed by atoms with van der Waals surface area (Å²) in [7, 11) is -2.56. The lowest BCUT2D eigenvalue weighted by atomic mass is 10.1. The van der Waals surface area contributed by atoms with Crippen molar-refractivity contribution < 1.29 is 34.3 Å². The van der Waals surface area contributed by atoms with E-state index in [-0.39, 0.29) is 18.3 Å². The fourth-order valence-corrected chi connectivity index (χ4v) is 4.72. The number of hydrogen-bond acceptors (Lipinski definition) is 6. The van der Waals surface area contributed by atoms with Crippen molar-refractivity contribution in [3.63, 3.8) is 0 Å². The van der Waals surface area contributed by atoms with E-state index in [1.54, 1.807) is 54.6 Å². The molecule has 8 nitrogen and oxygen atoms in total. The number of para-hydroxylation sites is 2. The molecule has 1 atom stereocenters. The number of aliphatic carboxylic acids is 2. The molecule has 0 aromatic heterocycles. The van der Waals surface area contributed by atoms with Gasteiger partial charge in [0.15, 0.2) is 0 Å². The summed E-state index contributed by atoms with van der Waals surface area (Å²) in [6, 6.07) is 15.2. The van der Waals surface area contributed by atoms with E-state index < -0.39 is 31.7 Å². The van der Waals surface area contributed by atoms with Gasteiger partial charge in [0, 0.05) is 12.0 Å². The zero-order valence-electron chi connectivity index (χ0n) is 15.8. The third-order valence-corrected chi connectivity index (χ3v) is 6.20. The van der Waals surface area contributed by atoms with E-state index in [1.165, 1.54) is 7.11 Å². The smallest absolute Gasteiger partial charge is 0.320 e. The Labute approximate surface area is 168 Å². The highest BCUT2D eigenvalue weighted by Crippen LogP contribution is 2.56. The summed E-state index contributed by atoms with van der Waals surface area (Å²) in [5, 5.41) is 18.3. The van der Waals surface area contributed by atoms with E-state index in [1.807, 2.05) is 0 Å². The molecule has 0 spiro atoms. The van der Waals surface area contributed by atoms with E-state index in [9.17, 15) is 24.5 Å². The van der Waals surface area contributed by atoms with E-state index in [0.29, 0.717) is 17.0 Å². The molecule has 2 aromatic rings. The van der Waals surface area contributed by atoms with Gasteiger partial charge in [-0.15, -0.1) is 0 Å². The molecule has 0 heterocycles. The van der Waals surface area contributed by atoms with Crippen LogP contribution in [-0.4, -0.2) is 50.7 Å². The average Bonchev–Trinajstić information content (AvgIpc) is 2.69. The van der Waals surface area contributed by atoms with Crippen molar-refractivity contribution in [2.75, 3.05) is 13.3 Å². The van der Waals surface area contributed by atoms with Crippen molar-refractivity contribution in [3.8, 4) is 5.75 Å². The fraction of sp³-hybridized carbons (Fsp3) is 0.250. The summed E-state index contributed by atoms with van der Waals surface area (Å²) in [5.41, 5.74) is 0.738. The molecular weight excluding hydrogens is 397 g/mol. The second kappa shape index (κ2) is 10.1. The summed E-state index contributed by atoms with van der Waals surface area (Å²) in [5.74, 6) is -3.26. The summed E-state index contributed by atoms with van der Waals surface area (Å²) in [6.45, 7) is 0. The molecule has 0 saturated heterocycles. The molecule has 2 aromatic carbocycles. The standard InChI is InChI=1S/C20H22NO7P/c1-28-17-10-6-5-9-16(17)21-19(14-7-3-2-4-8-14)29(26,27)13-15(20(24)25)11-12-18(22)23/h2-10,15,26-27H,11-13H2,1H3,(H-,22,23,24,25)/p+1. The largest absolute Gasteiger partial charge is 0.494 e. The van der Waals surface area contributed by atoms with Crippen molar-refractivity contribution in [2.45, 2.75) is 12.8 Å². The second-order valence-electron chi connectivity index (χ2n) is 6.35. The highest BCUT2D eigenvalue weighted by Gasteiger charge is 2.46. The van der Waals surface area contributed by atoms with Gasteiger partial charge in [-0.2, -0.15) is 0 Å². The number of ether oxygens (including phenoxy) is 1. The summed E-state index contributed by atoms with van der Waals surface area (Å²) < 4.78 is 5.26. The number of nitrogens with zero attached hydrogens (tertiary/aromatic N) is 1. The van der Waals surface area contributed by atoms with Crippen molar-refractivity contribution in [2.24, 2.45) is 10.9 Å². The molecule has 0 aliphatic heterocycles. The van der Waals surface area contributed by atoms with Crippen LogP contribution in [0.25, 0.3) is 0 Å². The molecule has 154 valence electrons. The number of methoxy groups -OCH3 is 1. The summed E-state index contributed by atoms with van der Waals surface area (Å²) in [4.78, 5) is 48.6. The van der Waals surface area contributed by atoms with Crippen LogP contribution in [0.4, 0.5) is 5.69 Å². The van der Waals surface area contributed by atoms with Crippen LogP contribution in [0.2, 0.25) is 0 Å². The third kappa shape index (κ3) is 6.35. The highest BCUT2D eigenvalue weighted by atomic mass is 31.2. The Bertz CT molecular complexity index is 883. The number of aliphatic imine (C=N–C) groups is 1. The number of rotatable bonds is 10. The molecule has 0 bridgehead atoms. The average molecular weight is 420 g/mol. The van der Waals surface area contributed by atoms with Crippen LogP contribution >= 0.6 is 7.72 Å². The quantitative estimate of drug-likeness (QED) is 0.342.